The van der Waals surface area contributed by atoms with Crippen molar-refractivity contribution in [3.8, 4) is 0 Å². The lowest BCUT2D eigenvalue weighted by Gasteiger charge is -2.39. The standard InChI is InChI=1S/C19H29N3O2/c1-14-11-21(12-15(2)24-14)13-17-6-8-22(9-7-17)19-5-4-18(10-20-19)16(3)23/h4-5,10,14-15,17H,6-9,11-13H2,1-3H3/t14-,15+. The molecule has 1 aromatic rings. The van der Waals surface area contributed by atoms with Gasteiger partial charge >= 0.3 is 0 Å². The number of carbonyl (C=O) groups is 1. The second kappa shape index (κ2) is 7.62. The highest BCUT2D eigenvalue weighted by molar-refractivity contribution is 5.93. The van der Waals surface area contributed by atoms with Crippen molar-refractivity contribution in [2.24, 2.45) is 5.92 Å². The second-order valence-corrected chi connectivity index (χ2v) is 7.37. The van der Waals surface area contributed by atoms with Gasteiger partial charge in [-0.2, -0.15) is 0 Å². The van der Waals surface area contributed by atoms with E-state index in [2.05, 4.69) is 28.6 Å². The first-order valence-corrected chi connectivity index (χ1v) is 9.11. The van der Waals surface area contributed by atoms with Crippen molar-refractivity contribution >= 4 is 11.6 Å². The molecule has 2 fully saturated rings. The molecule has 2 aliphatic heterocycles. The number of hydrogen-bond donors (Lipinski definition) is 0. The lowest BCUT2D eigenvalue weighted by atomic mass is 9.95. The molecule has 132 valence electrons. The van der Waals surface area contributed by atoms with E-state index in [1.165, 1.54) is 19.4 Å². The van der Waals surface area contributed by atoms with Gasteiger partial charge in [-0.05, 0) is 51.7 Å². The number of carbonyl (C=O) groups excluding carboxylic acids is 1. The summed E-state index contributed by atoms with van der Waals surface area (Å²) in [5, 5.41) is 0. The van der Waals surface area contributed by atoms with Gasteiger partial charge in [0.15, 0.2) is 5.78 Å². The maximum Gasteiger partial charge on any atom is 0.161 e. The molecule has 0 amide bonds. The van der Waals surface area contributed by atoms with Crippen molar-refractivity contribution in [3.63, 3.8) is 0 Å². The molecule has 0 unspecified atom stereocenters. The van der Waals surface area contributed by atoms with Crippen molar-refractivity contribution in [1.29, 1.82) is 0 Å². The van der Waals surface area contributed by atoms with Crippen LogP contribution in [0.15, 0.2) is 18.3 Å². The first-order valence-electron chi connectivity index (χ1n) is 9.11. The highest BCUT2D eigenvalue weighted by atomic mass is 16.5. The van der Waals surface area contributed by atoms with Gasteiger partial charge in [0.2, 0.25) is 0 Å². The first kappa shape index (κ1) is 17.4. The molecule has 3 heterocycles. The number of morpholine rings is 1. The largest absolute Gasteiger partial charge is 0.373 e. The predicted molar refractivity (Wildman–Crippen MR) is 95.6 cm³/mol. The lowest BCUT2D eigenvalue weighted by Crippen LogP contribution is -2.48. The molecule has 1 aromatic heterocycles. The minimum absolute atomic E-state index is 0.0710. The van der Waals surface area contributed by atoms with Crippen LogP contribution < -0.4 is 4.90 Å². The number of rotatable bonds is 4. The summed E-state index contributed by atoms with van der Waals surface area (Å²) in [5.41, 5.74) is 0.684. The van der Waals surface area contributed by atoms with Crippen LogP contribution >= 0.6 is 0 Å². The maximum atomic E-state index is 11.3. The smallest absolute Gasteiger partial charge is 0.161 e. The number of hydrogen-bond acceptors (Lipinski definition) is 5. The number of aromatic nitrogens is 1. The fraction of sp³-hybridized carbons (Fsp3) is 0.684. The van der Waals surface area contributed by atoms with Gasteiger partial charge in [-0.15, -0.1) is 0 Å². The van der Waals surface area contributed by atoms with E-state index in [9.17, 15) is 4.79 Å². The monoisotopic (exact) mass is 331 g/mol. The summed E-state index contributed by atoms with van der Waals surface area (Å²) in [5.74, 6) is 1.82. The molecule has 0 bridgehead atoms. The molecule has 0 saturated carbocycles. The third-order valence-electron chi connectivity index (χ3n) is 5.10. The number of piperidine rings is 1. The Morgan fingerprint density at radius 1 is 1.21 bits per heavy atom. The number of Topliss-reactive ketones (excluding diaryl/α,β-unsaturated/α-hetero) is 1. The summed E-state index contributed by atoms with van der Waals surface area (Å²) < 4.78 is 5.82. The minimum Gasteiger partial charge on any atom is -0.373 e. The molecule has 0 spiro atoms. The fourth-order valence-corrected chi connectivity index (χ4v) is 3.92. The van der Waals surface area contributed by atoms with Gasteiger partial charge in [-0.25, -0.2) is 4.98 Å². The van der Waals surface area contributed by atoms with E-state index in [-0.39, 0.29) is 5.78 Å². The number of ketones is 1. The van der Waals surface area contributed by atoms with E-state index < -0.39 is 0 Å². The van der Waals surface area contributed by atoms with Gasteiger partial charge in [0, 0.05) is 44.5 Å². The van der Waals surface area contributed by atoms with Gasteiger partial charge in [0.1, 0.15) is 5.82 Å². The molecule has 0 N–H and O–H groups in total. The first-order chi connectivity index (χ1) is 11.5. The molecule has 0 aromatic carbocycles. The number of nitrogens with zero attached hydrogens (tertiary/aromatic N) is 3. The van der Waals surface area contributed by atoms with Crippen LogP contribution in [-0.2, 0) is 4.74 Å². The molecule has 0 radical (unpaired) electrons. The average Bonchev–Trinajstić information content (AvgIpc) is 2.55. The van der Waals surface area contributed by atoms with Gasteiger partial charge in [-0.3, -0.25) is 9.69 Å². The van der Waals surface area contributed by atoms with E-state index in [4.69, 9.17) is 4.74 Å². The highest BCUT2D eigenvalue weighted by Gasteiger charge is 2.26. The van der Waals surface area contributed by atoms with Crippen LogP contribution in [0, 0.1) is 5.92 Å². The summed E-state index contributed by atoms with van der Waals surface area (Å²) in [4.78, 5) is 20.7. The SMILES string of the molecule is CC(=O)c1ccc(N2CCC(CN3C[C@@H](C)O[C@@H](C)C3)CC2)nc1. The molecule has 2 saturated heterocycles. The number of pyridine rings is 1. The van der Waals surface area contributed by atoms with E-state index in [1.54, 1.807) is 13.1 Å². The van der Waals surface area contributed by atoms with Crippen molar-refractivity contribution in [2.75, 3.05) is 37.6 Å². The molecule has 5 nitrogen and oxygen atoms in total. The van der Waals surface area contributed by atoms with Gasteiger partial charge in [-0.1, -0.05) is 0 Å². The summed E-state index contributed by atoms with van der Waals surface area (Å²) in [7, 11) is 0. The van der Waals surface area contributed by atoms with Crippen LogP contribution in [0.1, 0.15) is 44.0 Å². The van der Waals surface area contributed by atoms with Crippen molar-refractivity contribution in [3.05, 3.63) is 23.9 Å². The Labute approximate surface area is 145 Å². The maximum absolute atomic E-state index is 11.3. The third-order valence-corrected chi connectivity index (χ3v) is 5.10. The molecular formula is C19H29N3O2. The molecule has 2 aliphatic rings. The Hall–Kier alpha value is -1.46. The second-order valence-electron chi connectivity index (χ2n) is 7.37. The van der Waals surface area contributed by atoms with Crippen LogP contribution in [0.4, 0.5) is 5.82 Å². The van der Waals surface area contributed by atoms with E-state index in [0.29, 0.717) is 17.8 Å². The lowest BCUT2D eigenvalue weighted by molar-refractivity contribution is -0.0720. The predicted octanol–water partition coefficient (Wildman–Crippen LogP) is 2.61. The normalized spacial score (nSPS) is 26.5. The fourth-order valence-electron chi connectivity index (χ4n) is 3.92. The molecule has 2 atom stereocenters. The Bertz CT molecular complexity index is 542. The van der Waals surface area contributed by atoms with Crippen molar-refractivity contribution in [1.82, 2.24) is 9.88 Å². The zero-order valence-corrected chi connectivity index (χ0v) is 15.1. The zero-order valence-electron chi connectivity index (χ0n) is 15.1. The Morgan fingerprint density at radius 3 is 2.42 bits per heavy atom. The Balaban J connectivity index is 1.49. The Morgan fingerprint density at radius 2 is 1.88 bits per heavy atom. The van der Waals surface area contributed by atoms with Crippen LogP contribution in [0.5, 0.6) is 0 Å². The van der Waals surface area contributed by atoms with Gasteiger partial charge in [0.05, 0.1) is 12.2 Å². The van der Waals surface area contributed by atoms with Crippen LogP contribution in [0.25, 0.3) is 0 Å². The Kier molecular flexibility index (Phi) is 5.51. The van der Waals surface area contributed by atoms with E-state index in [1.807, 2.05) is 12.1 Å². The topological polar surface area (TPSA) is 45.7 Å². The quantitative estimate of drug-likeness (QED) is 0.794. The summed E-state index contributed by atoms with van der Waals surface area (Å²) in [6.07, 6.45) is 4.79. The summed E-state index contributed by atoms with van der Waals surface area (Å²) >= 11 is 0. The van der Waals surface area contributed by atoms with Crippen LogP contribution in [0.3, 0.4) is 0 Å². The molecule has 24 heavy (non-hydrogen) atoms. The molecule has 5 heteroatoms. The zero-order chi connectivity index (χ0) is 17.1. The summed E-state index contributed by atoms with van der Waals surface area (Å²) in [6.45, 7) is 11.3. The van der Waals surface area contributed by atoms with Crippen molar-refractivity contribution < 1.29 is 9.53 Å². The van der Waals surface area contributed by atoms with Crippen molar-refractivity contribution in [2.45, 2.75) is 45.8 Å². The minimum atomic E-state index is 0.0710. The van der Waals surface area contributed by atoms with E-state index in [0.717, 1.165) is 37.9 Å². The van der Waals surface area contributed by atoms with Gasteiger partial charge < -0.3 is 9.64 Å². The highest BCUT2D eigenvalue weighted by Crippen LogP contribution is 2.24. The van der Waals surface area contributed by atoms with Crippen LogP contribution in [-0.4, -0.2) is 60.6 Å². The third kappa shape index (κ3) is 4.33. The van der Waals surface area contributed by atoms with Gasteiger partial charge in [0.25, 0.3) is 0 Å². The molecule has 0 aliphatic carbocycles. The number of anilines is 1. The summed E-state index contributed by atoms with van der Waals surface area (Å²) in [6, 6.07) is 3.86. The number of ether oxygens (including phenoxy) is 1. The molecular weight excluding hydrogens is 302 g/mol. The average molecular weight is 331 g/mol. The van der Waals surface area contributed by atoms with Crippen LogP contribution in [0.2, 0.25) is 0 Å². The van der Waals surface area contributed by atoms with E-state index >= 15 is 0 Å². The molecule has 3 rings (SSSR count).